The van der Waals surface area contributed by atoms with E-state index in [0.717, 1.165) is 5.75 Å². The van der Waals surface area contributed by atoms with E-state index < -0.39 is 5.97 Å². The largest absolute Gasteiger partial charge is 0.490 e. The standard InChI is InChI=1S/C19H20ClNO5/c20-15-6-7-17(26-11-10-25-16-4-2-1-3-5-16)14(12-15)13-21-18(22)8-9-19(23)24/h1-7,12H,8-11,13H2,(H,21,22)(H,23,24). The summed E-state index contributed by atoms with van der Waals surface area (Å²) >= 11 is 6.01. The first kappa shape index (κ1) is 19.6. The summed E-state index contributed by atoms with van der Waals surface area (Å²) in [6.45, 7) is 0.904. The Kier molecular flexibility index (Phi) is 7.76. The Morgan fingerprint density at radius 3 is 2.46 bits per heavy atom. The van der Waals surface area contributed by atoms with Crippen LogP contribution in [0.2, 0.25) is 5.02 Å². The van der Waals surface area contributed by atoms with Crippen LogP contribution >= 0.6 is 11.6 Å². The topological polar surface area (TPSA) is 84.9 Å². The molecule has 0 bridgehead atoms. The van der Waals surface area contributed by atoms with E-state index in [4.69, 9.17) is 26.2 Å². The van der Waals surface area contributed by atoms with Crippen LogP contribution in [0.1, 0.15) is 18.4 Å². The van der Waals surface area contributed by atoms with Crippen LogP contribution in [0.5, 0.6) is 11.5 Å². The van der Waals surface area contributed by atoms with Gasteiger partial charge in [-0.1, -0.05) is 29.8 Å². The van der Waals surface area contributed by atoms with Crippen molar-refractivity contribution >= 4 is 23.5 Å². The number of carbonyl (C=O) groups excluding carboxylic acids is 1. The average Bonchev–Trinajstić information content (AvgIpc) is 2.64. The van der Waals surface area contributed by atoms with Crippen molar-refractivity contribution in [3.05, 3.63) is 59.1 Å². The van der Waals surface area contributed by atoms with E-state index in [9.17, 15) is 9.59 Å². The Balaban J connectivity index is 1.84. The van der Waals surface area contributed by atoms with Gasteiger partial charge in [0.2, 0.25) is 5.91 Å². The maximum Gasteiger partial charge on any atom is 0.303 e. The van der Waals surface area contributed by atoms with Crippen LogP contribution in [0, 0.1) is 0 Å². The van der Waals surface area contributed by atoms with Crippen molar-refractivity contribution in [2.75, 3.05) is 13.2 Å². The van der Waals surface area contributed by atoms with Gasteiger partial charge in [0.25, 0.3) is 0 Å². The number of halogens is 1. The summed E-state index contributed by atoms with van der Waals surface area (Å²) < 4.78 is 11.3. The Morgan fingerprint density at radius 1 is 1.00 bits per heavy atom. The van der Waals surface area contributed by atoms with E-state index in [1.165, 1.54) is 0 Å². The molecule has 138 valence electrons. The number of hydrogen-bond donors (Lipinski definition) is 2. The van der Waals surface area contributed by atoms with Gasteiger partial charge in [-0.3, -0.25) is 9.59 Å². The zero-order chi connectivity index (χ0) is 18.8. The van der Waals surface area contributed by atoms with Crippen molar-refractivity contribution in [1.82, 2.24) is 5.32 Å². The SMILES string of the molecule is O=C(O)CCC(=O)NCc1cc(Cl)ccc1OCCOc1ccccc1. The molecule has 0 saturated carbocycles. The fourth-order valence-corrected chi connectivity index (χ4v) is 2.35. The number of hydrogen-bond acceptors (Lipinski definition) is 4. The third kappa shape index (κ3) is 7.03. The highest BCUT2D eigenvalue weighted by Gasteiger charge is 2.09. The second kappa shape index (κ2) is 10.3. The molecule has 26 heavy (non-hydrogen) atoms. The highest BCUT2D eigenvalue weighted by Crippen LogP contribution is 2.23. The summed E-state index contributed by atoms with van der Waals surface area (Å²) in [6.07, 6.45) is -0.279. The normalized spacial score (nSPS) is 10.2. The Morgan fingerprint density at radius 2 is 1.73 bits per heavy atom. The van der Waals surface area contributed by atoms with Crippen LogP contribution in [-0.2, 0) is 16.1 Å². The first-order valence-corrected chi connectivity index (χ1v) is 8.50. The molecule has 0 aromatic heterocycles. The monoisotopic (exact) mass is 377 g/mol. The maximum atomic E-state index is 11.7. The molecule has 1 amide bonds. The van der Waals surface area contributed by atoms with Crippen molar-refractivity contribution in [1.29, 1.82) is 0 Å². The van der Waals surface area contributed by atoms with E-state index >= 15 is 0 Å². The van der Waals surface area contributed by atoms with Crippen LogP contribution < -0.4 is 14.8 Å². The van der Waals surface area contributed by atoms with E-state index in [1.54, 1.807) is 18.2 Å². The zero-order valence-corrected chi connectivity index (χ0v) is 14.9. The summed E-state index contributed by atoms with van der Waals surface area (Å²) in [7, 11) is 0. The number of para-hydroxylation sites is 1. The minimum atomic E-state index is -1.01. The number of benzene rings is 2. The molecule has 2 aromatic rings. The van der Waals surface area contributed by atoms with Gasteiger partial charge >= 0.3 is 5.97 Å². The van der Waals surface area contributed by atoms with Gasteiger partial charge in [0.1, 0.15) is 24.7 Å². The third-order valence-electron chi connectivity index (χ3n) is 3.42. The number of nitrogens with one attached hydrogen (secondary N) is 1. The number of amides is 1. The van der Waals surface area contributed by atoms with Gasteiger partial charge in [-0.05, 0) is 30.3 Å². The van der Waals surface area contributed by atoms with Gasteiger partial charge in [-0.2, -0.15) is 0 Å². The fourth-order valence-electron chi connectivity index (χ4n) is 2.16. The molecule has 6 nitrogen and oxygen atoms in total. The quantitative estimate of drug-likeness (QED) is 0.621. The van der Waals surface area contributed by atoms with Gasteiger partial charge < -0.3 is 19.9 Å². The Bertz CT molecular complexity index is 736. The van der Waals surface area contributed by atoms with E-state index in [-0.39, 0.29) is 25.3 Å². The van der Waals surface area contributed by atoms with Crippen molar-refractivity contribution in [3.8, 4) is 11.5 Å². The predicted octanol–water partition coefficient (Wildman–Crippen LogP) is 3.28. The molecule has 0 saturated heterocycles. The molecule has 2 aromatic carbocycles. The number of carboxylic acid groups (broad SMARTS) is 1. The smallest absolute Gasteiger partial charge is 0.303 e. The number of ether oxygens (including phenoxy) is 2. The van der Waals surface area contributed by atoms with Gasteiger partial charge in [-0.25, -0.2) is 0 Å². The molecule has 2 N–H and O–H groups in total. The zero-order valence-electron chi connectivity index (χ0n) is 14.1. The molecule has 0 spiro atoms. The minimum absolute atomic E-state index is 0.0724. The molecule has 0 radical (unpaired) electrons. The first-order chi connectivity index (χ1) is 12.5. The lowest BCUT2D eigenvalue weighted by Crippen LogP contribution is -2.23. The third-order valence-corrected chi connectivity index (χ3v) is 3.65. The fraction of sp³-hybridized carbons (Fsp3) is 0.263. The molecule has 0 aliphatic carbocycles. The molecular weight excluding hydrogens is 358 g/mol. The molecule has 0 atom stereocenters. The Labute approximate surface area is 156 Å². The highest BCUT2D eigenvalue weighted by atomic mass is 35.5. The summed E-state index contributed by atoms with van der Waals surface area (Å²) in [6, 6.07) is 14.5. The molecule has 0 aliphatic rings. The van der Waals surface area contributed by atoms with E-state index in [1.807, 2.05) is 30.3 Å². The number of carbonyl (C=O) groups is 2. The van der Waals surface area contributed by atoms with Crippen LogP contribution in [0.25, 0.3) is 0 Å². The second-order valence-electron chi connectivity index (χ2n) is 5.43. The molecule has 0 heterocycles. The maximum absolute atomic E-state index is 11.7. The summed E-state index contributed by atoms with van der Waals surface area (Å²) in [4.78, 5) is 22.2. The lowest BCUT2D eigenvalue weighted by atomic mass is 10.2. The molecular formula is C19H20ClNO5. The van der Waals surface area contributed by atoms with Gasteiger partial charge in [0.05, 0.1) is 6.42 Å². The van der Waals surface area contributed by atoms with E-state index in [0.29, 0.717) is 29.5 Å². The average molecular weight is 378 g/mol. The summed E-state index contributed by atoms with van der Waals surface area (Å²) in [5.41, 5.74) is 0.709. The lowest BCUT2D eigenvalue weighted by Gasteiger charge is -2.13. The number of aliphatic carboxylic acids is 1. The molecule has 2 rings (SSSR count). The summed E-state index contributed by atoms with van der Waals surface area (Å²) in [5.74, 6) is -0.00111. The van der Waals surface area contributed by atoms with Crippen LogP contribution in [-0.4, -0.2) is 30.2 Å². The lowest BCUT2D eigenvalue weighted by molar-refractivity contribution is -0.138. The van der Waals surface area contributed by atoms with Crippen molar-refractivity contribution in [2.45, 2.75) is 19.4 Å². The minimum Gasteiger partial charge on any atom is -0.490 e. The van der Waals surface area contributed by atoms with Crippen molar-refractivity contribution in [2.24, 2.45) is 0 Å². The summed E-state index contributed by atoms with van der Waals surface area (Å²) in [5, 5.41) is 11.8. The Hall–Kier alpha value is -2.73. The van der Waals surface area contributed by atoms with Gasteiger partial charge in [0, 0.05) is 23.6 Å². The molecule has 0 unspecified atom stereocenters. The van der Waals surface area contributed by atoms with Gasteiger partial charge in [-0.15, -0.1) is 0 Å². The van der Waals surface area contributed by atoms with Gasteiger partial charge in [0.15, 0.2) is 0 Å². The van der Waals surface area contributed by atoms with Crippen molar-refractivity contribution < 1.29 is 24.2 Å². The number of carboxylic acids is 1. The van der Waals surface area contributed by atoms with Crippen molar-refractivity contribution in [3.63, 3.8) is 0 Å². The van der Waals surface area contributed by atoms with Crippen LogP contribution in [0.3, 0.4) is 0 Å². The van der Waals surface area contributed by atoms with Crippen LogP contribution in [0.4, 0.5) is 0 Å². The first-order valence-electron chi connectivity index (χ1n) is 8.12. The second-order valence-corrected chi connectivity index (χ2v) is 5.87. The predicted molar refractivity (Wildman–Crippen MR) is 97.6 cm³/mol. The van der Waals surface area contributed by atoms with Crippen LogP contribution in [0.15, 0.2) is 48.5 Å². The molecule has 0 fully saturated rings. The number of rotatable bonds is 10. The molecule has 7 heteroatoms. The molecule has 0 aliphatic heterocycles. The van der Waals surface area contributed by atoms with E-state index in [2.05, 4.69) is 5.32 Å². The highest BCUT2D eigenvalue weighted by molar-refractivity contribution is 6.30.